The zero-order valence-electron chi connectivity index (χ0n) is 17.0. The molecule has 27 heavy (non-hydrogen) atoms. The van der Waals surface area contributed by atoms with Crippen LogP contribution in [0.15, 0.2) is 12.1 Å². The molecule has 0 aromatic heterocycles. The molecule has 0 amide bonds. The number of hydrogen-bond donors (Lipinski definition) is 0. The molecule has 0 unspecified atom stereocenters. The van der Waals surface area contributed by atoms with E-state index in [9.17, 15) is 9.59 Å². The Morgan fingerprint density at radius 2 is 1.26 bits per heavy atom. The average molecular weight is 375 g/mol. The number of rotatable bonds is 4. The fourth-order valence-corrected chi connectivity index (χ4v) is 3.81. The van der Waals surface area contributed by atoms with Crippen LogP contribution in [-0.4, -0.2) is 25.2 Å². The molecule has 0 N–H and O–H groups in total. The molecule has 150 valence electrons. The van der Waals surface area contributed by atoms with Crippen LogP contribution < -0.4 is 0 Å². The predicted molar refractivity (Wildman–Crippen MR) is 107 cm³/mol. The standard InChI is InChI=1S/C23H34O4/c1-3-26-22(24)20-17-18-14-12-10-8-6-5-7-9-11-13-15-19(16-18)21(20)23(25)27-4-2/h16-17H,3-15H2,1-2H3. The summed E-state index contributed by atoms with van der Waals surface area (Å²) in [5.74, 6) is -0.840. The maximum Gasteiger partial charge on any atom is 0.339 e. The summed E-state index contributed by atoms with van der Waals surface area (Å²) in [4.78, 5) is 25.2. The van der Waals surface area contributed by atoms with Gasteiger partial charge in [-0.15, -0.1) is 0 Å². The predicted octanol–water partition coefficient (Wildman–Crippen LogP) is 5.65. The van der Waals surface area contributed by atoms with Gasteiger partial charge in [0.1, 0.15) is 0 Å². The summed E-state index contributed by atoms with van der Waals surface area (Å²) >= 11 is 0. The Labute approximate surface area is 163 Å². The van der Waals surface area contributed by atoms with Crippen molar-refractivity contribution in [3.8, 4) is 0 Å². The van der Waals surface area contributed by atoms with Gasteiger partial charge in [0.15, 0.2) is 0 Å². The van der Waals surface area contributed by atoms with Crippen molar-refractivity contribution in [3.05, 3.63) is 34.4 Å². The Morgan fingerprint density at radius 1 is 0.741 bits per heavy atom. The lowest BCUT2D eigenvalue weighted by Crippen LogP contribution is -2.17. The van der Waals surface area contributed by atoms with E-state index >= 15 is 0 Å². The second kappa shape index (κ2) is 11.8. The second-order valence-electron chi connectivity index (χ2n) is 7.30. The van der Waals surface area contributed by atoms with Gasteiger partial charge in [0.2, 0.25) is 0 Å². The normalized spacial score (nSPS) is 16.2. The van der Waals surface area contributed by atoms with Crippen LogP contribution in [0.1, 0.15) is 103 Å². The van der Waals surface area contributed by atoms with E-state index in [0.717, 1.165) is 43.2 Å². The van der Waals surface area contributed by atoms with Crippen molar-refractivity contribution in [3.63, 3.8) is 0 Å². The number of carbonyl (C=O) groups is 2. The summed E-state index contributed by atoms with van der Waals surface area (Å²) in [6, 6.07) is 3.96. The Balaban J connectivity index is 2.39. The zero-order chi connectivity index (χ0) is 19.5. The van der Waals surface area contributed by atoms with Crippen LogP contribution in [0, 0.1) is 0 Å². The van der Waals surface area contributed by atoms with Gasteiger partial charge in [-0.25, -0.2) is 9.59 Å². The maximum atomic E-state index is 12.6. The smallest absolute Gasteiger partial charge is 0.339 e. The van der Waals surface area contributed by atoms with E-state index in [1.807, 2.05) is 6.07 Å². The van der Waals surface area contributed by atoms with E-state index < -0.39 is 11.9 Å². The SMILES string of the molecule is CCOC(=O)c1cc2cc(c1C(=O)OCC)CCCCCCCCCCC2. The first-order valence-corrected chi connectivity index (χ1v) is 10.7. The Kier molecular flexibility index (Phi) is 9.37. The summed E-state index contributed by atoms with van der Waals surface area (Å²) in [5.41, 5.74) is 2.84. The van der Waals surface area contributed by atoms with E-state index in [-0.39, 0.29) is 0 Å². The minimum absolute atomic E-state index is 0.292. The van der Waals surface area contributed by atoms with E-state index in [2.05, 4.69) is 6.07 Å². The summed E-state index contributed by atoms with van der Waals surface area (Å²) in [7, 11) is 0. The molecule has 4 heteroatoms. The first-order chi connectivity index (χ1) is 13.2. The molecule has 0 saturated carbocycles. The van der Waals surface area contributed by atoms with Gasteiger partial charge in [-0.3, -0.25) is 0 Å². The Morgan fingerprint density at radius 3 is 1.85 bits per heavy atom. The van der Waals surface area contributed by atoms with Crippen molar-refractivity contribution < 1.29 is 19.1 Å². The van der Waals surface area contributed by atoms with Crippen LogP contribution in [0.2, 0.25) is 0 Å². The number of ether oxygens (including phenoxy) is 2. The van der Waals surface area contributed by atoms with Crippen LogP contribution in [0.4, 0.5) is 0 Å². The minimum atomic E-state index is -0.426. The van der Waals surface area contributed by atoms with Crippen LogP contribution in [-0.2, 0) is 22.3 Å². The monoisotopic (exact) mass is 374 g/mol. The molecule has 4 nitrogen and oxygen atoms in total. The highest BCUT2D eigenvalue weighted by Gasteiger charge is 2.24. The highest BCUT2D eigenvalue weighted by molar-refractivity contribution is 6.04. The molecule has 2 rings (SSSR count). The molecule has 0 spiro atoms. The number of benzene rings is 1. The summed E-state index contributed by atoms with van der Waals surface area (Å²) < 4.78 is 10.5. The van der Waals surface area contributed by atoms with Gasteiger partial charge in [0.25, 0.3) is 0 Å². The van der Waals surface area contributed by atoms with Gasteiger partial charge in [0, 0.05) is 0 Å². The molecule has 0 atom stereocenters. The molecule has 0 radical (unpaired) electrons. The van der Waals surface area contributed by atoms with Crippen molar-refractivity contribution in [1.82, 2.24) is 0 Å². The third-order valence-electron chi connectivity index (χ3n) is 5.17. The quantitative estimate of drug-likeness (QED) is 0.639. The van der Waals surface area contributed by atoms with Gasteiger partial charge >= 0.3 is 11.9 Å². The van der Waals surface area contributed by atoms with Crippen molar-refractivity contribution >= 4 is 11.9 Å². The molecule has 0 heterocycles. The lowest BCUT2D eigenvalue weighted by molar-refractivity contribution is 0.0477. The Bertz CT molecular complexity index is 621. The van der Waals surface area contributed by atoms with Crippen molar-refractivity contribution in [2.24, 2.45) is 0 Å². The fraction of sp³-hybridized carbons (Fsp3) is 0.652. The highest BCUT2D eigenvalue weighted by atomic mass is 16.5. The van der Waals surface area contributed by atoms with Crippen LogP contribution in [0.3, 0.4) is 0 Å². The summed E-state index contributed by atoms with van der Waals surface area (Å²) in [5, 5.41) is 0. The molecular weight excluding hydrogens is 340 g/mol. The van der Waals surface area contributed by atoms with E-state index in [1.165, 1.54) is 38.5 Å². The number of hydrogen-bond acceptors (Lipinski definition) is 4. The van der Waals surface area contributed by atoms with E-state index in [0.29, 0.717) is 24.3 Å². The fourth-order valence-electron chi connectivity index (χ4n) is 3.81. The molecule has 0 saturated heterocycles. The van der Waals surface area contributed by atoms with E-state index in [1.54, 1.807) is 13.8 Å². The van der Waals surface area contributed by atoms with Crippen molar-refractivity contribution in [1.29, 1.82) is 0 Å². The molecule has 1 aliphatic carbocycles. The first-order valence-electron chi connectivity index (χ1n) is 10.7. The third kappa shape index (κ3) is 6.67. The first kappa shape index (κ1) is 21.5. The van der Waals surface area contributed by atoms with Gasteiger partial charge in [-0.1, -0.05) is 51.0 Å². The second-order valence-corrected chi connectivity index (χ2v) is 7.30. The van der Waals surface area contributed by atoms with Gasteiger partial charge in [-0.05, 0) is 56.7 Å². The number of fused-ring (bicyclic) bond motifs is 2. The van der Waals surface area contributed by atoms with Gasteiger partial charge < -0.3 is 9.47 Å². The average Bonchev–Trinajstić information content (AvgIpc) is 2.65. The molecule has 2 bridgehead atoms. The molecule has 0 fully saturated rings. The highest BCUT2D eigenvalue weighted by Crippen LogP contribution is 2.25. The minimum Gasteiger partial charge on any atom is -0.462 e. The van der Waals surface area contributed by atoms with Crippen LogP contribution in [0.25, 0.3) is 0 Å². The lowest BCUT2D eigenvalue weighted by atomic mass is 9.91. The summed E-state index contributed by atoms with van der Waals surface area (Å²) in [6.45, 7) is 4.16. The zero-order valence-corrected chi connectivity index (χ0v) is 17.0. The number of esters is 2. The maximum absolute atomic E-state index is 12.6. The number of aryl methyl sites for hydroxylation is 2. The van der Waals surface area contributed by atoms with Gasteiger partial charge in [-0.2, -0.15) is 0 Å². The molecule has 1 aliphatic rings. The molecule has 1 aromatic rings. The van der Waals surface area contributed by atoms with Crippen molar-refractivity contribution in [2.75, 3.05) is 13.2 Å². The van der Waals surface area contributed by atoms with Crippen LogP contribution in [0.5, 0.6) is 0 Å². The molecule has 0 aliphatic heterocycles. The number of carbonyl (C=O) groups excluding carboxylic acids is 2. The van der Waals surface area contributed by atoms with Gasteiger partial charge in [0.05, 0.1) is 24.3 Å². The van der Waals surface area contributed by atoms with Crippen LogP contribution >= 0.6 is 0 Å². The topological polar surface area (TPSA) is 52.6 Å². The summed E-state index contributed by atoms with van der Waals surface area (Å²) in [6.07, 6.45) is 12.7. The van der Waals surface area contributed by atoms with E-state index in [4.69, 9.17) is 9.47 Å². The largest absolute Gasteiger partial charge is 0.462 e. The third-order valence-corrected chi connectivity index (χ3v) is 5.17. The lowest BCUT2D eigenvalue weighted by Gasteiger charge is -2.16. The van der Waals surface area contributed by atoms with Crippen molar-refractivity contribution in [2.45, 2.75) is 84.5 Å². The molecule has 1 aromatic carbocycles. The molecular formula is C23H34O4. The Hall–Kier alpha value is -1.84.